The van der Waals surface area contributed by atoms with Crippen molar-refractivity contribution in [2.45, 2.75) is 6.92 Å². The lowest BCUT2D eigenvalue weighted by Gasteiger charge is -2.36. The second kappa shape index (κ2) is 7.75. The minimum atomic E-state index is -0.445. The van der Waals surface area contributed by atoms with Gasteiger partial charge < -0.3 is 15.5 Å². The number of aryl methyl sites for hydroxylation is 1. The average molecular weight is 390 g/mol. The number of anilines is 1. The highest BCUT2D eigenvalue weighted by atomic mass is 16.2. The van der Waals surface area contributed by atoms with Gasteiger partial charge in [0.25, 0.3) is 5.91 Å². The summed E-state index contributed by atoms with van der Waals surface area (Å²) in [6, 6.07) is 12.8. The molecule has 0 aliphatic carbocycles. The van der Waals surface area contributed by atoms with Gasteiger partial charge in [-0.15, -0.1) is 0 Å². The fourth-order valence-corrected chi connectivity index (χ4v) is 3.51. The van der Waals surface area contributed by atoms with Crippen LogP contribution in [0.4, 0.5) is 5.69 Å². The molecule has 2 N–H and O–H groups in total. The summed E-state index contributed by atoms with van der Waals surface area (Å²) < 4.78 is 1.65. The van der Waals surface area contributed by atoms with Crippen molar-refractivity contribution in [3.8, 4) is 5.69 Å². The Labute approximate surface area is 168 Å². The summed E-state index contributed by atoms with van der Waals surface area (Å²) in [5.74, 6) is -0.500. The van der Waals surface area contributed by atoms with E-state index in [1.807, 2.05) is 36.1 Å². The van der Waals surface area contributed by atoms with Crippen LogP contribution in [0.25, 0.3) is 5.69 Å². The number of nitrogens with two attached hydrogens (primary N) is 1. The number of pyridine rings is 1. The summed E-state index contributed by atoms with van der Waals surface area (Å²) in [6.45, 7) is 4.38. The third-order valence-corrected chi connectivity index (χ3v) is 5.00. The van der Waals surface area contributed by atoms with Gasteiger partial charge in [-0.05, 0) is 43.3 Å². The van der Waals surface area contributed by atoms with Crippen LogP contribution >= 0.6 is 0 Å². The van der Waals surface area contributed by atoms with E-state index in [9.17, 15) is 9.59 Å². The third kappa shape index (κ3) is 3.82. The van der Waals surface area contributed by atoms with Gasteiger partial charge in [-0.3, -0.25) is 14.6 Å². The molecule has 0 radical (unpaired) electrons. The molecule has 0 spiro atoms. The van der Waals surface area contributed by atoms with Gasteiger partial charge in [-0.1, -0.05) is 6.07 Å². The number of amides is 2. The van der Waals surface area contributed by atoms with Crippen LogP contribution in [-0.4, -0.2) is 57.7 Å². The Morgan fingerprint density at radius 1 is 1.00 bits per heavy atom. The molecule has 1 fully saturated rings. The fourth-order valence-electron chi connectivity index (χ4n) is 3.51. The molecule has 4 rings (SSSR count). The maximum atomic E-state index is 13.2. The number of rotatable bonds is 4. The Hall–Kier alpha value is -3.68. The van der Waals surface area contributed by atoms with Gasteiger partial charge in [0.2, 0.25) is 5.91 Å². The van der Waals surface area contributed by atoms with Crippen LogP contribution in [0.2, 0.25) is 0 Å². The zero-order chi connectivity index (χ0) is 20.4. The van der Waals surface area contributed by atoms with E-state index in [1.54, 1.807) is 35.3 Å². The summed E-state index contributed by atoms with van der Waals surface area (Å²) in [7, 11) is 0. The van der Waals surface area contributed by atoms with Gasteiger partial charge >= 0.3 is 0 Å². The minimum absolute atomic E-state index is 0.0556. The van der Waals surface area contributed by atoms with Gasteiger partial charge in [-0.25, -0.2) is 4.68 Å². The Kier molecular flexibility index (Phi) is 4.99. The molecule has 0 atom stereocenters. The molecule has 2 amide bonds. The molecule has 8 heteroatoms. The van der Waals surface area contributed by atoms with Gasteiger partial charge in [0, 0.05) is 43.6 Å². The number of aromatic nitrogens is 3. The van der Waals surface area contributed by atoms with E-state index >= 15 is 0 Å². The summed E-state index contributed by atoms with van der Waals surface area (Å²) >= 11 is 0. The van der Waals surface area contributed by atoms with Gasteiger partial charge in [0.05, 0.1) is 17.6 Å². The molecular formula is C21H22N6O2. The average Bonchev–Trinajstić information content (AvgIpc) is 3.16. The predicted molar refractivity (Wildman–Crippen MR) is 109 cm³/mol. The SMILES string of the molecule is Cc1cc(C(=O)N2CCN(c3cccc(C(N)=O)c3)CC2)n(-c2cccnc2)n1. The maximum Gasteiger partial charge on any atom is 0.272 e. The minimum Gasteiger partial charge on any atom is -0.368 e. The van der Waals surface area contributed by atoms with E-state index in [-0.39, 0.29) is 5.91 Å². The Morgan fingerprint density at radius 3 is 2.45 bits per heavy atom. The number of primary amides is 1. The van der Waals surface area contributed by atoms with Gasteiger partial charge in [-0.2, -0.15) is 5.10 Å². The zero-order valence-corrected chi connectivity index (χ0v) is 16.2. The molecule has 2 aromatic heterocycles. The first-order chi connectivity index (χ1) is 14.0. The second-order valence-corrected chi connectivity index (χ2v) is 6.99. The number of carbonyl (C=O) groups excluding carboxylic acids is 2. The first-order valence-electron chi connectivity index (χ1n) is 9.44. The number of benzene rings is 1. The molecule has 1 saturated heterocycles. The monoisotopic (exact) mass is 390 g/mol. The van der Waals surface area contributed by atoms with Crippen LogP contribution in [0, 0.1) is 6.92 Å². The lowest BCUT2D eigenvalue weighted by atomic mass is 10.1. The standard InChI is InChI=1S/C21H22N6O2/c1-15-12-19(27(24-15)18-6-3-7-23-14-18)21(29)26-10-8-25(9-11-26)17-5-2-4-16(13-17)20(22)28/h2-7,12-14H,8-11H2,1H3,(H2,22,28). The predicted octanol–water partition coefficient (Wildman–Crippen LogP) is 1.64. The van der Waals surface area contributed by atoms with Crippen LogP contribution < -0.4 is 10.6 Å². The maximum absolute atomic E-state index is 13.2. The third-order valence-electron chi connectivity index (χ3n) is 5.00. The van der Waals surface area contributed by atoms with Crippen molar-refractivity contribution in [3.63, 3.8) is 0 Å². The first kappa shape index (κ1) is 18.7. The number of carbonyl (C=O) groups is 2. The van der Waals surface area contributed by atoms with Crippen LogP contribution in [0.5, 0.6) is 0 Å². The quantitative estimate of drug-likeness (QED) is 0.730. The molecule has 3 aromatic rings. The van der Waals surface area contributed by atoms with Crippen LogP contribution in [-0.2, 0) is 0 Å². The molecule has 148 valence electrons. The number of piperazine rings is 1. The Bertz CT molecular complexity index is 1040. The Balaban J connectivity index is 1.49. The number of hydrogen-bond acceptors (Lipinski definition) is 5. The number of nitrogens with zero attached hydrogens (tertiary/aromatic N) is 5. The highest BCUT2D eigenvalue weighted by Gasteiger charge is 2.26. The molecule has 0 saturated carbocycles. The topological polar surface area (TPSA) is 97.4 Å². The van der Waals surface area contributed by atoms with Crippen LogP contribution in [0.1, 0.15) is 26.5 Å². The normalized spacial score (nSPS) is 14.1. The van der Waals surface area contributed by atoms with E-state index in [1.165, 1.54) is 0 Å². The van der Waals surface area contributed by atoms with E-state index in [4.69, 9.17) is 5.73 Å². The lowest BCUT2D eigenvalue weighted by Crippen LogP contribution is -2.49. The summed E-state index contributed by atoms with van der Waals surface area (Å²) in [5.41, 5.74) is 8.86. The van der Waals surface area contributed by atoms with Crippen LogP contribution in [0.15, 0.2) is 54.9 Å². The fraction of sp³-hybridized carbons (Fsp3) is 0.238. The van der Waals surface area contributed by atoms with Gasteiger partial charge in [0.15, 0.2) is 0 Å². The molecule has 29 heavy (non-hydrogen) atoms. The lowest BCUT2D eigenvalue weighted by molar-refractivity contribution is 0.0737. The summed E-state index contributed by atoms with van der Waals surface area (Å²) in [4.78, 5) is 32.7. The van der Waals surface area contributed by atoms with Gasteiger partial charge in [0.1, 0.15) is 5.69 Å². The summed E-state index contributed by atoms with van der Waals surface area (Å²) in [6.07, 6.45) is 3.38. The largest absolute Gasteiger partial charge is 0.368 e. The molecule has 1 aromatic carbocycles. The molecule has 0 unspecified atom stereocenters. The molecule has 1 aliphatic rings. The zero-order valence-electron chi connectivity index (χ0n) is 16.2. The van der Waals surface area contributed by atoms with Crippen LogP contribution in [0.3, 0.4) is 0 Å². The van der Waals surface area contributed by atoms with Crippen molar-refractivity contribution in [2.24, 2.45) is 5.73 Å². The van der Waals surface area contributed by atoms with Crippen molar-refractivity contribution in [2.75, 3.05) is 31.1 Å². The number of hydrogen-bond donors (Lipinski definition) is 1. The van der Waals surface area contributed by atoms with E-state index in [0.717, 1.165) is 17.1 Å². The smallest absolute Gasteiger partial charge is 0.272 e. The molecule has 3 heterocycles. The molecular weight excluding hydrogens is 368 g/mol. The van der Waals surface area contributed by atoms with Crippen molar-refractivity contribution in [3.05, 3.63) is 71.8 Å². The van der Waals surface area contributed by atoms with Crippen molar-refractivity contribution in [1.29, 1.82) is 0 Å². The molecule has 0 bridgehead atoms. The first-order valence-corrected chi connectivity index (χ1v) is 9.44. The highest BCUT2D eigenvalue weighted by molar-refractivity contribution is 5.94. The highest BCUT2D eigenvalue weighted by Crippen LogP contribution is 2.20. The molecule has 8 nitrogen and oxygen atoms in total. The van der Waals surface area contributed by atoms with Crippen molar-refractivity contribution >= 4 is 17.5 Å². The van der Waals surface area contributed by atoms with Crippen molar-refractivity contribution < 1.29 is 9.59 Å². The molecule has 1 aliphatic heterocycles. The van der Waals surface area contributed by atoms with Crippen molar-refractivity contribution in [1.82, 2.24) is 19.7 Å². The summed E-state index contributed by atoms with van der Waals surface area (Å²) in [5, 5.41) is 4.46. The van der Waals surface area contributed by atoms with E-state index in [2.05, 4.69) is 15.0 Å². The van der Waals surface area contributed by atoms with E-state index in [0.29, 0.717) is 37.4 Å². The van der Waals surface area contributed by atoms with E-state index < -0.39 is 5.91 Å². The Morgan fingerprint density at radius 2 is 1.76 bits per heavy atom. The second-order valence-electron chi connectivity index (χ2n) is 6.99.